The Morgan fingerprint density at radius 3 is 2.92 bits per heavy atom. The zero-order chi connectivity index (χ0) is 16.4. The van der Waals surface area contributed by atoms with Gasteiger partial charge in [0, 0.05) is 19.3 Å². The smallest absolute Gasteiger partial charge is 0.234 e. The van der Waals surface area contributed by atoms with Crippen molar-refractivity contribution in [1.82, 2.24) is 20.2 Å². The number of rotatable bonds is 5. The molecule has 2 aromatic rings. The van der Waals surface area contributed by atoms with Gasteiger partial charge in [-0.1, -0.05) is 30.3 Å². The molecule has 0 bridgehead atoms. The summed E-state index contributed by atoms with van der Waals surface area (Å²) in [4.78, 5) is 23.1. The minimum absolute atomic E-state index is 0.105. The van der Waals surface area contributed by atoms with Crippen LogP contribution in [0.15, 0.2) is 42.9 Å². The molecule has 1 fully saturated rings. The Hall–Kier alpha value is -2.27. The van der Waals surface area contributed by atoms with E-state index in [0.717, 1.165) is 25.2 Å². The molecule has 1 saturated carbocycles. The van der Waals surface area contributed by atoms with Gasteiger partial charge >= 0.3 is 0 Å². The van der Waals surface area contributed by atoms with Crippen molar-refractivity contribution in [3.05, 3.63) is 59.7 Å². The van der Waals surface area contributed by atoms with E-state index < -0.39 is 0 Å². The van der Waals surface area contributed by atoms with Crippen LogP contribution in [0.4, 0.5) is 0 Å². The van der Waals surface area contributed by atoms with Crippen molar-refractivity contribution in [3.63, 3.8) is 0 Å². The molecule has 0 spiro atoms. The van der Waals surface area contributed by atoms with Gasteiger partial charge in [0.15, 0.2) is 0 Å². The Bertz CT molecular complexity index is 714. The van der Waals surface area contributed by atoms with Crippen LogP contribution in [0.25, 0.3) is 0 Å². The average Bonchev–Trinajstić information content (AvgIpc) is 3.45. The highest BCUT2D eigenvalue weighted by Crippen LogP contribution is 2.40. The first-order valence-corrected chi connectivity index (χ1v) is 8.64. The third-order valence-corrected chi connectivity index (χ3v) is 4.89. The Kier molecular flexibility index (Phi) is 4.26. The monoisotopic (exact) mass is 322 g/mol. The summed E-state index contributed by atoms with van der Waals surface area (Å²) in [6.07, 6.45) is 6.79. The lowest BCUT2D eigenvalue weighted by molar-refractivity contribution is -0.123. The van der Waals surface area contributed by atoms with Gasteiger partial charge < -0.3 is 5.32 Å². The zero-order valence-electron chi connectivity index (χ0n) is 13.7. The summed E-state index contributed by atoms with van der Waals surface area (Å²) in [5.74, 6) is 0.694. The van der Waals surface area contributed by atoms with Crippen LogP contribution in [0, 0.1) is 5.92 Å². The maximum atomic E-state index is 12.6. The number of carbonyl (C=O) groups is 1. The lowest BCUT2D eigenvalue weighted by atomic mass is 10.0. The van der Waals surface area contributed by atoms with Crippen LogP contribution in [-0.4, -0.2) is 33.9 Å². The molecule has 0 unspecified atom stereocenters. The number of fused-ring (bicyclic) bond motifs is 1. The maximum absolute atomic E-state index is 12.6. The number of hydrogen-bond donors (Lipinski definition) is 1. The topological polar surface area (TPSA) is 58.1 Å². The molecule has 5 nitrogen and oxygen atoms in total. The van der Waals surface area contributed by atoms with Crippen LogP contribution >= 0.6 is 0 Å². The summed E-state index contributed by atoms with van der Waals surface area (Å²) in [7, 11) is 0. The van der Waals surface area contributed by atoms with Crippen molar-refractivity contribution in [2.75, 3.05) is 13.1 Å². The first kappa shape index (κ1) is 15.3. The van der Waals surface area contributed by atoms with Crippen LogP contribution < -0.4 is 5.32 Å². The van der Waals surface area contributed by atoms with Crippen molar-refractivity contribution in [1.29, 1.82) is 0 Å². The Morgan fingerprint density at radius 1 is 1.29 bits per heavy atom. The number of benzene rings is 1. The second-order valence-electron chi connectivity index (χ2n) is 6.75. The van der Waals surface area contributed by atoms with E-state index in [1.165, 1.54) is 24.0 Å². The number of nitrogens with zero attached hydrogens (tertiary/aromatic N) is 3. The predicted molar refractivity (Wildman–Crippen MR) is 91.1 cm³/mol. The molecular formula is C19H22N4O. The largest absolute Gasteiger partial charge is 0.348 e. The molecule has 4 rings (SSSR count). The number of hydrogen-bond acceptors (Lipinski definition) is 4. The third kappa shape index (κ3) is 3.46. The maximum Gasteiger partial charge on any atom is 0.234 e. The van der Waals surface area contributed by atoms with E-state index in [-0.39, 0.29) is 11.9 Å². The number of carbonyl (C=O) groups excluding carboxylic acids is 1. The summed E-state index contributed by atoms with van der Waals surface area (Å²) in [6, 6.07) is 10.5. The fourth-order valence-corrected chi connectivity index (χ4v) is 3.42. The Labute approximate surface area is 142 Å². The number of aromatic nitrogens is 2. The fourth-order valence-electron chi connectivity index (χ4n) is 3.42. The van der Waals surface area contributed by atoms with Crippen molar-refractivity contribution in [2.45, 2.75) is 31.8 Å². The molecule has 24 heavy (non-hydrogen) atoms. The molecule has 2 heterocycles. The van der Waals surface area contributed by atoms with E-state index in [4.69, 9.17) is 0 Å². The number of amides is 1. The molecular weight excluding hydrogens is 300 g/mol. The summed E-state index contributed by atoms with van der Waals surface area (Å²) in [5, 5.41) is 3.25. The van der Waals surface area contributed by atoms with Gasteiger partial charge in [0.1, 0.15) is 6.33 Å². The van der Waals surface area contributed by atoms with Gasteiger partial charge in [-0.25, -0.2) is 9.97 Å². The highest BCUT2D eigenvalue weighted by Gasteiger charge is 2.33. The van der Waals surface area contributed by atoms with Crippen molar-refractivity contribution in [3.8, 4) is 0 Å². The van der Waals surface area contributed by atoms with Crippen LogP contribution in [0.2, 0.25) is 0 Å². The summed E-state index contributed by atoms with van der Waals surface area (Å²) in [6.45, 7) is 2.04. The molecule has 0 saturated heterocycles. The summed E-state index contributed by atoms with van der Waals surface area (Å²) >= 11 is 0. The second kappa shape index (κ2) is 6.69. The molecule has 1 atom stereocenters. The SMILES string of the molecule is O=C(CN1CCc2cncnc2C1)N[C@H](c1ccccc1)C1CC1. The molecule has 0 radical (unpaired) electrons. The van der Waals surface area contributed by atoms with E-state index in [9.17, 15) is 4.79 Å². The molecule has 124 valence electrons. The first-order chi connectivity index (χ1) is 11.8. The fraction of sp³-hybridized carbons (Fsp3) is 0.421. The second-order valence-corrected chi connectivity index (χ2v) is 6.75. The van der Waals surface area contributed by atoms with Crippen LogP contribution in [0.5, 0.6) is 0 Å². The van der Waals surface area contributed by atoms with Crippen molar-refractivity contribution < 1.29 is 4.79 Å². The molecule has 1 aliphatic carbocycles. The summed E-state index contributed by atoms with van der Waals surface area (Å²) < 4.78 is 0. The standard InChI is InChI=1S/C19H22N4O/c24-18(12-23-9-8-16-10-20-13-21-17(16)11-23)22-19(15-6-7-15)14-4-2-1-3-5-14/h1-5,10,13,15,19H,6-9,11-12H2,(H,22,24)/t19-/m1/s1. The van der Waals surface area contributed by atoms with Crippen LogP contribution in [-0.2, 0) is 17.8 Å². The quantitative estimate of drug-likeness (QED) is 0.916. The van der Waals surface area contributed by atoms with E-state index in [2.05, 4.69) is 32.3 Å². The van der Waals surface area contributed by atoms with E-state index in [1.54, 1.807) is 6.33 Å². The first-order valence-electron chi connectivity index (χ1n) is 8.64. The highest BCUT2D eigenvalue weighted by atomic mass is 16.2. The minimum Gasteiger partial charge on any atom is -0.348 e. The molecule has 5 heteroatoms. The van der Waals surface area contributed by atoms with Gasteiger partial charge in [-0.3, -0.25) is 9.69 Å². The molecule has 1 amide bonds. The average molecular weight is 322 g/mol. The lowest BCUT2D eigenvalue weighted by Gasteiger charge is -2.28. The lowest BCUT2D eigenvalue weighted by Crippen LogP contribution is -2.41. The van der Waals surface area contributed by atoms with Gasteiger partial charge in [-0.2, -0.15) is 0 Å². The van der Waals surface area contributed by atoms with E-state index in [1.807, 2.05) is 24.4 Å². The van der Waals surface area contributed by atoms with Gasteiger partial charge in [-0.05, 0) is 36.3 Å². The third-order valence-electron chi connectivity index (χ3n) is 4.89. The van der Waals surface area contributed by atoms with Gasteiger partial charge in [0.25, 0.3) is 0 Å². The predicted octanol–water partition coefficient (Wildman–Crippen LogP) is 2.10. The van der Waals surface area contributed by atoms with Gasteiger partial charge in [0.05, 0.1) is 18.3 Å². The van der Waals surface area contributed by atoms with Crippen LogP contribution in [0.1, 0.15) is 35.7 Å². The minimum atomic E-state index is 0.105. The zero-order valence-corrected chi connectivity index (χ0v) is 13.7. The van der Waals surface area contributed by atoms with Crippen LogP contribution in [0.3, 0.4) is 0 Å². The van der Waals surface area contributed by atoms with Crippen molar-refractivity contribution in [2.24, 2.45) is 5.92 Å². The molecule has 1 aromatic carbocycles. The van der Waals surface area contributed by atoms with Crippen molar-refractivity contribution >= 4 is 5.91 Å². The van der Waals surface area contributed by atoms with Gasteiger partial charge in [0.2, 0.25) is 5.91 Å². The molecule has 1 aromatic heterocycles. The Balaban J connectivity index is 1.38. The number of nitrogens with one attached hydrogen (secondary N) is 1. The summed E-state index contributed by atoms with van der Waals surface area (Å²) in [5.41, 5.74) is 3.46. The highest BCUT2D eigenvalue weighted by molar-refractivity contribution is 5.78. The van der Waals surface area contributed by atoms with E-state index >= 15 is 0 Å². The normalized spacial score (nSPS) is 18.7. The Morgan fingerprint density at radius 2 is 2.12 bits per heavy atom. The molecule has 1 N–H and O–H groups in total. The van der Waals surface area contributed by atoms with Gasteiger partial charge in [-0.15, -0.1) is 0 Å². The molecule has 1 aliphatic heterocycles. The van der Waals surface area contributed by atoms with E-state index in [0.29, 0.717) is 12.5 Å². The molecule has 2 aliphatic rings.